The summed E-state index contributed by atoms with van der Waals surface area (Å²) >= 11 is 0. The van der Waals surface area contributed by atoms with Crippen LogP contribution < -0.4 is 9.64 Å². The highest BCUT2D eigenvalue weighted by atomic mass is 19.1. The zero-order valence-electron chi connectivity index (χ0n) is 14.3. The molecule has 0 saturated carbocycles. The van der Waals surface area contributed by atoms with Crippen molar-refractivity contribution in [3.05, 3.63) is 54.0 Å². The molecule has 0 N–H and O–H groups in total. The van der Waals surface area contributed by atoms with Crippen molar-refractivity contribution in [3.8, 4) is 5.75 Å². The van der Waals surface area contributed by atoms with Gasteiger partial charge in [0.25, 0.3) is 0 Å². The van der Waals surface area contributed by atoms with Gasteiger partial charge in [-0.05, 0) is 36.2 Å². The number of hydrogen-bond acceptors (Lipinski definition) is 4. The number of rotatable bonds is 5. The number of aromatic nitrogens is 1. The maximum atomic E-state index is 13.7. The van der Waals surface area contributed by atoms with E-state index in [2.05, 4.69) is 9.88 Å². The van der Waals surface area contributed by atoms with Crippen LogP contribution in [0.1, 0.15) is 12.0 Å². The maximum Gasteiger partial charge on any atom is 0.223 e. The maximum absolute atomic E-state index is 13.7. The number of piperazine rings is 1. The lowest BCUT2D eigenvalue weighted by atomic mass is 10.1. The highest BCUT2D eigenvalue weighted by Crippen LogP contribution is 2.19. The SMILES string of the molecule is COc1ccc(CCC(=O)N2CCN(c3ccccn3)CC2)cc1F. The molecule has 0 unspecified atom stereocenters. The van der Waals surface area contributed by atoms with Crippen molar-refractivity contribution in [1.82, 2.24) is 9.88 Å². The molecule has 3 rings (SSSR count). The van der Waals surface area contributed by atoms with Crippen molar-refractivity contribution < 1.29 is 13.9 Å². The van der Waals surface area contributed by atoms with Gasteiger partial charge in [-0.1, -0.05) is 12.1 Å². The Morgan fingerprint density at radius 1 is 1.20 bits per heavy atom. The molecule has 132 valence electrons. The van der Waals surface area contributed by atoms with Crippen molar-refractivity contribution in [2.24, 2.45) is 0 Å². The predicted molar refractivity (Wildman–Crippen MR) is 94.3 cm³/mol. The first-order chi connectivity index (χ1) is 12.2. The number of amides is 1. The van der Waals surface area contributed by atoms with Crippen molar-refractivity contribution in [3.63, 3.8) is 0 Å². The number of carbonyl (C=O) groups excluding carboxylic acids is 1. The largest absolute Gasteiger partial charge is 0.494 e. The van der Waals surface area contributed by atoms with E-state index in [-0.39, 0.29) is 11.7 Å². The van der Waals surface area contributed by atoms with Crippen LogP contribution in [0.25, 0.3) is 0 Å². The van der Waals surface area contributed by atoms with Crippen LogP contribution in [0.4, 0.5) is 10.2 Å². The lowest BCUT2D eigenvalue weighted by Gasteiger charge is -2.35. The Kier molecular flexibility index (Phi) is 5.48. The summed E-state index contributed by atoms with van der Waals surface area (Å²) < 4.78 is 18.6. The first-order valence-electron chi connectivity index (χ1n) is 8.43. The molecular weight excluding hydrogens is 321 g/mol. The van der Waals surface area contributed by atoms with Crippen LogP contribution in [0, 0.1) is 5.82 Å². The first-order valence-corrected chi connectivity index (χ1v) is 8.43. The number of aryl methyl sites for hydroxylation is 1. The second-order valence-electron chi connectivity index (χ2n) is 6.02. The van der Waals surface area contributed by atoms with Gasteiger partial charge < -0.3 is 14.5 Å². The zero-order valence-corrected chi connectivity index (χ0v) is 14.3. The number of pyridine rings is 1. The third kappa shape index (κ3) is 4.26. The van der Waals surface area contributed by atoms with Crippen LogP contribution in [0.3, 0.4) is 0 Å². The Labute approximate surface area is 147 Å². The molecule has 0 bridgehead atoms. The summed E-state index contributed by atoms with van der Waals surface area (Å²) in [6.45, 7) is 2.93. The topological polar surface area (TPSA) is 45.7 Å². The molecule has 1 fully saturated rings. The molecule has 6 heteroatoms. The molecule has 1 amide bonds. The van der Waals surface area contributed by atoms with Crippen LogP contribution in [0.15, 0.2) is 42.6 Å². The van der Waals surface area contributed by atoms with E-state index in [0.717, 1.165) is 24.5 Å². The van der Waals surface area contributed by atoms with Crippen molar-refractivity contribution in [2.75, 3.05) is 38.2 Å². The Balaban J connectivity index is 1.49. The molecule has 0 spiro atoms. The molecule has 2 heterocycles. The summed E-state index contributed by atoms with van der Waals surface area (Å²) in [6, 6.07) is 10.7. The molecule has 2 aromatic rings. The molecule has 0 aliphatic carbocycles. The van der Waals surface area contributed by atoms with E-state index in [0.29, 0.717) is 25.9 Å². The summed E-state index contributed by atoms with van der Waals surface area (Å²) in [6.07, 6.45) is 2.69. The second-order valence-corrected chi connectivity index (χ2v) is 6.02. The number of anilines is 1. The van der Waals surface area contributed by atoms with Gasteiger partial charge in [0, 0.05) is 38.8 Å². The minimum Gasteiger partial charge on any atom is -0.494 e. The molecule has 1 aromatic heterocycles. The molecule has 0 radical (unpaired) electrons. The Morgan fingerprint density at radius 3 is 2.64 bits per heavy atom. The number of benzene rings is 1. The average Bonchev–Trinajstić information content (AvgIpc) is 2.67. The first kappa shape index (κ1) is 17.2. The number of nitrogens with zero attached hydrogens (tertiary/aromatic N) is 3. The molecule has 5 nitrogen and oxygen atoms in total. The number of ether oxygens (including phenoxy) is 1. The quantitative estimate of drug-likeness (QED) is 0.837. The summed E-state index contributed by atoms with van der Waals surface area (Å²) in [5.74, 6) is 0.886. The summed E-state index contributed by atoms with van der Waals surface area (Å²) in [7, 11) is 1.44. The van der Waals surface area contributed by atoms with Gasteiger partial charge in [-0.15, -0.1) is 0 Å². The number of carbonyl (C=O) groups is 1. The molecule has 0 atom stereocenters. The Bertz CT molecular complexity index is 716. The summed E-state index contributed by atoms with van der Waals surface area (Å²) in [5, 5.41) is 0. The fraction of sp³-hybridized carbons (Fsp3) is 0.368. The van der Waals surface area contributed by atoms with Gasteiger partial charge in [-0.2, -0.15) is 0 Å². The third-order valence-corrected chi connectivity index (χ3v) is 4.45. The number of hydrogen-bond donors (Lipinski definition) is 0. The lowest BCUT2D eigenvalue weighted by molar-refractivity contribution is -0.131. The average molecular weight is 343 g/mol. The molecule has 1 aliphatic heterocycles. The van der Waals surface area contributed by atoms with Gasteiger partial charge in [0.1, 0.15) is 5.82 Å². The molecular formula is C19H22FN3O2. The Hall–Kier alpha value is -2.63. The van der Waals surface area contributed by atoms with Gasteiger partial charge in [0.2, 0.25) is 5.91 Å². The van der Waals surface area contributed by atoms with Crippen LogP contribution in [0.5, 0.6) is 5.75 Å². The summed E-state index contributed by atoms with van der Waals surface area (Å²) in [4.78, 5) is 20.8. The summed E-state index contributed by atoms with van der Waals surface area (Å²) in [5.41, 5.74) is 0.804. The number of methoxy groups -OCH3 is 1. The van der Waals surface area contributed by atoms with Gasteiger partial charge >= 0.3 is 0 Å². The van der Waals surface area contributed by atoms with Gasteiger partial charge in [0.15, 0.2) is 11.6 Å². The van der Waals surface area contributed by atoms with Crippen LogP contribution in [0.2, 0.25) is 0 Å². The van der Waals surface area contributed by atoms with Crippen molar-refractivity contribution in [1.29, 1.82) is 0 Å². The van der Waals surface area contributed by atoms with E-state index in [9.17, 15) is 9.18 Å². The monoisotopic (exact) mass is 343 g/mol. The van der Waals surface area contributed by atoms with E-state index in [1.807, 2.05) is 23.1 Å². The van der Waals surface area contributed by atoms with Crippen molar-refractivity contribution >= 4 is 11.7 Å². The van der Waals surface area contributed by atoms with E-state index >= 15 is 0 Å². The second kappa shape index (κ2) is 7.96. The van der Waals surface area contributed by atoms with E-state index in [1.54, 1.807) is 18.3 Å². The molecule has 1 saturated heterocycles. The normalized spacial score (nSPS) is 14.5. The van der Waals surface area contributed by atoms with Crippen LogP contribution >= 0.6 is 0 Å². The fourth-order valence-corrected chi connectivity index (χ4v) is 3.00. The molecule has 25 heavy (non-hydrogen) atoms. The Morgan fingerprint density at radius 2 is 2.00 bits per heavy atom. The van der Waals surface area contributed by atoms with Crippen molar-refractivity contribution in [2.45, 2.75) is 12.8 Å². The van der Waals surface area contributed by atoms with Crippen LogP contribution in [-0.2, 0) is 11.2 Å². The van der Waals surface area contributed by atoms with E-state index in [1.165, 1.54) is 13.2 Å². The third-order valence-electron chi connectivity index (χ3n) is 4.45. The standard InChI is InChI=1S/C19H22FN3O2/c1-25-17-7-5-15(14-16(17)20)6-8-19(24)23-12-10-22(11-13-23)18-4-2-3-9-21-18/h2-5,7,9,14H,6,8,10-13H2,1H3. The van der Waals surface area contributed by atoms with Crippen LogP contribution in [-0.4, -0.2) is 49.1 Å². The zero-order chi connectivity index (χ0) is 17.6. The van der Waals surface area contributed by atoms with Gasteiger partial charge in [0.05, 0.1) is 7.11 Å². The number of halogens is 1. The fourth-order valence-electron chi connectivity index (χ4n) is 3.00. The van der Waals surface area contributed by atoms with Gasteiger partial charge in [-0.3, -0.25) is 4.79 Å². The predicted octanol–water partition coefficient (Wildman–Crippen LogP) is 2.51. The molecule has 1 aromatic carbocycles. The van der Waals surface area contributed by atoms with E-state index in [4.69, 9.17) is 4.74 Å². The van der Waals surface area contributed by atoms with E-state index < -0.39 is 5.82 Å². The minimum atomic E-state index is -0.392. The highest BCUT2D eigenvalue weighted by molar-refractivity contribution is 5.76. The molecule has 1 aliphatic rings. The highest BCUT2D eigenvalue weighted by Gasteiger charge is 2.21. The van der Waals surface area contributed by atoms with Gasteiger partial charge in [-0.25, -0.2) is 9.37 Å². The lowest BCUT2D eigenvalue weighted by Crippen LogP contribution is -2.49. The smallest absolute Gasteiger partial charge is 0.223 e. The minimum absolute atomic E-state index is 0.108.